The molecule has 1 aliphatic rings. The zero-order valence-corrected chi connectivity index (χ0v) is 12.0. The van der Waals surface area contributed by atoms with Crippen LogP contribution in [-0.2, 0) is 4.79 Å². The molecule has 0 bridgehead atoms. The van der Waals surface area contributed by atoms with E-state index in [2.05, 4.69) is 5.32 Å². The first-order valence-corrected chi connectivity index (χ1v) is 6.90. The highest BCUT2D eigenvalue weighted by atomic mass is 35.5. The van der Waals surface area contributed by atoms with Gasteiger partial charge in [-0.25, -0.2) is 0 Å². The van der Waals surface area contributed by atoms with Gasteiger partial charge in [-0.2, -0.15) is 0 Å². The van der Waals surface area contributed by atoms with Gasteiger partial charge in [-0.1, -0.05) is 41.9 Å². The van der Waals surface area contributed by atoms with E-state index in [-0.39, 0.29) is 5.91 Å². The molecule has 0 saturated carbocycles. The van der Waals surface area contributed by atoms with Crippen molar-refractivity contribution >= 4 is 40.5 Å². The van der Waals surface area contributed by atoms with E-state index < -0.39 is 6.04 Å². The first-order valence-electron chi connectivity index (χ1n) is 6.11. The molecule has 1 fully saturated rings. The Morgan fingerprint density at radius 1 is 1.05 bits per heavy atom. The molecule has 1 aliphatic heterocycles. The standard InChI is InChI=1S/C15H11ClN2OS/c16-11-8-6-10(7-9-11)13-14(19)17-15(20)18(13)12-4-2-1-3-5-12/h1-9,13H,(H,17,19,20). The molecule has 0 radical (unpaired) electrons. The van der Waals surface area contributed by atoms with E-state index in [1.165, 1.54) is 0 Å². The number of carbonyl (C=O) groups excluding carboxylic acids is 1. The first-order chi connectivity index (χ1) is 9.66. The van der Waals surface area contributed by atoms with Gasteiger partial charge < -0.3 is 10.2 Å². The average Bonchev–Trinajstić information content (AvgIpc) is 2.75. The van der Waals surface area contributed by atoms with Crippen molar-refractivity contribution in [1.29, 1.82) is 0 Å². The lowest BCUT2D eigenvalue weighted by atomic mass is 10.1. The molecule has 1 atom stereocenters. The monoisotopic (exact) mass is 302 g/mol. The molecule has 1 saturated heterocycles. The number of para-hydroxylation sites is 1. The Balaban J connectivity index is 2.04. The van der Waals surface area contributed by atoms with Crippen LogP contribution in [0, 0.1) is 0 Å². The molecule has 1 amide bonds. The second kappa shape index (κ2) is 5.23. The fraction of sp³-hybridized carbons (Fsp3) is 0.0667. The van der Waals surface area contributed by atoms with E-state index in [4.69, 9.17) is 23.8 Å². The van der Waals surface area contributed by atoms with Gasteiger partial charge in [-0.05, 0) is 42.0 Å². The van der Waals surface area contributed by atoms with Gasteiger partial charge in [0.2, 0.25) is 0 Å². The van der Waals surface area contributed by atoms with Crippen molar-refractivity contribution in [3.05, 3.63) is 65.2 Å². The zero-order chi connectivity index (χ0) is 14.1. The number of halogens is 1. The van der Waals surface area contributed by atoms with Crippen LogP contribution in [-0.4, -0.2) is 11.0 Å². The van der Waals surface area contributed by atoms with Crippen molar-refractivity contribution < 1.29 is 4.79 Å². The predicted molar refractivity (Wildman–Crippen MR) is 83.9 cm³/mol. The van der Waals surface area contributed by atoms with E-state index in [0.717, 1.165) is 11.3 Å². The number of amides is 1. The number of benzene rings is 2. The highest BCUT2D eigenvalue weighted by molar-refractivity contribution is 7.80. The summed E-state index contributed by atoms with van der Waals surface area (Å²) in [6.07, 6.45) is 0. The number of thiocarbonyl (C=S) groups is 1. The van der Waals surface area contributed by atoms with Crippen molar-refractivity contribution in [1.82, 2.24) is 5.32 Å². The Bertz CT molecular complexity index is 657. The number of rotatable bonds is 2. The third-order valence-corrected chi connectivity index (χ3v) is 3.73. The van der Waals surface area contributed by atoms with Crippen LogP contribution in [0.5, 0.6) is 0 Å². The molecule has 0 aromatic heterocycles. The van der Waals surface area contributed by atoms with E-state index in [1.54, 1.807) is 12.1 Å². The lowest BCUT2D eigenvalue weighted by molar-refractivity contribution is -0.119. The van der Waals surface area contributed by atoms with Crippen LogP contribution in [0.2, 0.25) is 5.02 Å². The van der Waals surface area contributed by atoms with Gasteiger partial charge in [0, 0.05) is 10.7 Å². The summed E-state index contributed by atoms with van der Waals surface area (Å²) in [5.74, 6) is -0.124. The maximum atomic E-state index is 12.2. The molecule has 20 heavy (non-hydrogen) atoms. The summed E-state index contributed by atoms with van der Waals surface area (Å²) in [5, 5.41) is 3.77. The number of hydrogen-bond donors (Lipinski definition) is 1. The molecule has 1 unspecified atom stereocenters. The summed E-state index contributed by atoms with van der Waals surface area (Å²) >= 11 is 11.2. The highest BCUT2D eigenvalue weighted by Crippen LogP contribution is 2.31. The average molecular weight is 303 g/mol. The SMILES string of the molecule is O=C1NC(=S)N(c2ccccc2)C1c1ccc(Cl)cc1. The number of hydrogen-bond acceptors (Lipinski definition) is 2. The summed E-state index contributed by atoms with van der Waals surface area (Å²) in [6.45, 7) is 0. The van der Waals surface area contributed by atoms with Crippen LogP contribution in [0.25, 0.3) is 0 Å². The Morgan fingerprint density at radius 2 is 1.70 bits per heavy atom. The minimum absolute atomic E-state index is 0.124. The van der Waals surface area contributed by atoms with Crippen molar-refractivity contribution in [2.24, 2.45) is 0 Å². The maximum Gasteiger partial charge on any atom is 0.253 e. The van der Waals surface area contributed by atoms with Gasteiger partial charge in [0.25, 0.3) is 5.91 Å². The molecule has 3 nitrogen and oxygen atoms in total. The molecule has 3 rings (SSSR count). The van der Waals surface area contributed by atoms with Crippen molar-refractivity contribution in [3.8, 4) is 0 Å². The number of nitrogens with zero attached hydrogens (tertiary/aromatic N) is 1. The van der Waals surface area contributed by atoms with Gasteiger partial charge in [0.05, 0.1) is 0 Å². The molecule has 2 aromatic carbocycles. The summed E-state index contributed by atoms with van der Waals surface area (Å²) in [4.78, 5) is 14.0. The van der Waals surface area contributed by atoms with Gasteiger partial charge in [0.1, 0.15) is 6.04 Å². The van der Waals surface area contributed by atoms with Gasteiger partial charge in [-0.15, -0.1) is 0 Å². The Kier molecular flexibility index (Phi) is 3.42. The van der Waals surface area contributed by atoms with E-state index in [9.17, 15) is 4.79 Å². The molecule has 0 aliphatic carbocycles. The summed E-state index contributed by atoms with van der Waals surface area (Å²) in [6, 6.07) is 16.4. The third kappa shape index (κ3) is 2.28. The number of carbonyl (C=O) groups is 1. The quantitative estimate of drug-likeness (QED) is 0.864. The minimum atomic E-state index is -0.456. The lowest BCUT2D eigenvalue weighted by Gasteiger charge is -2.23. The smallest absolute Gasteiger partial charge is 0.253 e. The second-order valence-electron chi connectivity index (χ2n) is 4.45. The van der Waals surface area contributed by atoms with Crippen LogP contribution in [0.1, 0.15) is 11.6 Å². The summed E-state index contributed by atoms with van der Waals surface area (Å²) in [5.41, 5.74) is 1.74. The van der Waals surface area contributed by atoms with Crippen LogP contribution in [0.3, 0.4) is 0 Å². The van der Waals surface area contributed by atoms with E-state index >= 15 is 0 Å². The van der Waals surface area contributed by atoms with E-state index in [0.29, 0.717) is 10.1 Å². The van der Waals surface area contributed by atoms with Crippen LogP contribution >= 0.6 is 23.8 Å². The highest BCUT2D eigenvalue weighted by Gasteiger charge is 2.37. The molecular formula is C15H11ClN2OS. The van der Waals surface area contributed by atoms with Crippen LogP contribution < -0.4 is 10.2 Å². The van der Waals surface area contributed by atoms with Gasteiger partial charge >= 0.3 is 0 Å². The molecule has 0 spiro atoms. The first kappa shape index (κ1) is 13.1. The molecule has 1 N–H and O–H groups in total. The zero-order valence-electron chi connectivity index (χ0n) is 10.4. The second-order valence-corrected chi connectivity index (χ2v) is 5.28. The summed E-state index contributed by atoms with van der Waals surface area (Å²) < 4.78 is 0. The van der Waals surface area contributed by atoms with Crippen molar-refractivity contribution in [2.45, 2.75) is 6.04 Å². The fourth-order valence-electron chi connectivity index (χ4n) is 2.27. The van der Waals surface area contributed by atoms with Gasteiger partial charge in [0.15, 0.2) is 5.11 Å². The van der Waals surface area contributed by atoms with E-state index in [1.807, 2.05) is 47.4 Å². The topological polar surface area (TPSA) is 32.3 Å². The maximum absolute atomic E-state index is 12.2. The third-order valence-electron chi connectivity index (χ3n) is 3.18. The molecule has 100 valence electrons. The predicted octanol–water partition coefficient (Wildman–Crippen LogP) is 3.30. The Labute approximate surface area is 127 Å². The molecular weight excluding hydrogens is 292 g/mol. The van der Waals surface area contributed by atoms with Crippen molar-refractivity contribution in [2.75, 3.05) is 4.90 Å². The Hall–Kier alpha value is -1.91. The van der Waals surface area contributed by atoms with Crippen molar-refractivity contribution in [3.63, 3.8) is 0 Å². The van der Waals surface area contributed by atoms with Crippen LogP contribution in [0.4, 0.5) is 5.69 Å². The van der Waals surface area contributed by atoms with Crippen LogP contribution in [0.15, 0.2) is 54.6 Å². The molecule has 2 aromatic rings. The molecule has 1 heterocycles. The number of anilines is 1. The fourth-order valence-corrected chi connectivity index (χ4v) is 2.71. The lowest BCUT2D eigenvalue weighted by Crippen LogP contribution is -2.29. The number of nitrogens with one attached hydrogen (secondary N) is 1. The largest absolute Gasteiger partial charge is 0.302 e. The minimum Gasteiger partial charge on any atom is -0.302 e. The summed E-state index contributed by atoms with van der Waals surface area (Å²) in [7, 11) is 0. The van der Waals surface area contributed by atoms with Gasteiger partial charge in [-0.3, -0.25) is 4.79 Å². The molecule has 5 heteroatoms. The Morgan fingerprint density at radius 3 is 2.35 bits per heavy atom. The normalized spacial score (nSPS) is 18.2.